The van der Waals surface area contributed by atoms with E-state index in [4.69, 9.17) is 17.3 Å². The molecule has 0 radical (unpaired) electrons. The summed E-state index contributed by atoms with van der Waals surface area (Å²) in [6, 6.07) is 0. The molecule has 1 aromatic heterocycles. The normalized spacial score (nSPS) is 17.4. The third kappa shape index (κ3) is 3.00. The van der Waals surface area contributed by atoms with Crippen molar-refractivity contribution in [1.82, 2.24) is 9.97 Å². The topological polar surface area (TPSA) is 55.0 Å². The molecular weight excluding hydrogens is 236 g/mol. The first-order valence-corrected chi connectivity index (χ1v) is 6.61. The van der Waals surface area contributed by atoms with E-state index in [0.717, 1.165) is 24.8 Å². The highest BCUT2D eigenvalue weighted by Gasteiger charge is 2.21. The van der Waals surface area contributed by atoms with Crippen LogP contribution in [0.1, 0.15) is 32.6 Å². The van der Waals surface area contributed by atoms with E-state index in [0.29, 0.717) is 11.0 Å². The van der Waals surface area contributed by atoms with Crippen LogP contribution < -0.4 is 10.6 Å². The van der Waals surface area contributed by atoms with Gasteiger partial charge in [-0.05, 0) is 18.8 Å². The maximum absolute atomic E-state index is 6.10. The Morgan fingerprint density at radius 3 is 2.82 bits per heavy atom. The second-order valence-electron chi connectivity index (χ2n) is 4.62. The zero-order chi connectivity index (χ0) is 12.3. The van der Waals surface area contributed by atoms with Crippen molar-refractivity contribution in [3.05, 3.63) is 11.2 Å². The van der Waals surface area contributed by atoms with E-state index in [1.54, 1.807) is 6.20 Å². The molecule has 2 heterocycles. The molecule has 0 spiro atoms. The lowest BCUT2D eigenvalue weighted by atomic mass is 9.92. The monoisotopic (exact) mass is 254 g/mol. The maximum Gasteiger partial charge on any atom is 0.222 e. The number of halogens is 1. The quantitative estimate of drug-likeness (QED) is 0.901. The van der Waals surface area contributed by atoms with Gasteiger partial charge in [0.05, 0.1) is 6.20 Å². The Labute approximate surface area is 107 Å². The van der Waals surface area contributed by atoms with Gasteiger partial charge in [0.25, 0.3) is 0 Å². The summed E-state index contributed by atoms with van der Waals surface area (Å²) in [6.45, 7) is 4.27. The van der Waals surface area contributed by atoms with Crippen molar-refractivity contribution >= 4 is 23.4 Å². The highest BCUT2D eigenvalue weighted by molar-refractivity contribution is 6.32. The summed E-state index contributed by atoms with van der Waals surface area (Å²) in [6.07, 6.45) is 6.61. The van der Waals surface area contributed by atoms with Gasteiger partial charge in [-0.25, -0.2) is 4.98 Å². The lowest BCUT2D eigenvalue weighted by molar-refractivity contribution is 0.377. The second kappa shape index (κ2) is 5.54. The number of hydrogen-bond donors (Lipinski definition) is 1. The molecule has 5 heteroatoms. The number of rotatable bonds is 3. The summed E-state index contributed by atoms with van der Waals surface area (Å²) < 4.78 is 0. The Morgan fingerprint density at radius 2 is 2.18 bits per heavy atom. The van der Waals surface area contributed by atoms with Crippen molar-refractivity contribution in [1.29, 1.82) is 0 Å². The summed E-state index contributed by atoms with van der Waals surface area (Å²) in [7, 11) is 0. The van der Waals surface area contributed by atoms with E-state index in [1.165, 1.54) is 25.7 Å². The molecule has 1 aliphatic rings. The van der Waals surface area contributed by atoms with Gasteiger partial charge >= 0.3 is 0 Å². The predicted octanol–water partition coefficient (Wildman–Crippen LogP) is 2.73. The molecule has 1 aliphatic heterocycles. The molecular formula is C12H19ClN4. The zero-order valence-corrected chi connectivity index (χ0v) is 11.0. The lowest BCUT2D eigenvalue weighted by Crippen LogP contribution is -2.34. The standard InChI is InChI=1S/C12H19ClN4/c1-2-3-9-4-6-17(7-5-9)11-10(13)8-15-12(14)16-11/h8-9H,2-7H2,1H3,(H2,14,15,16). The van der Waals surface area contributed by atoms with Crippen LogP contribution in [0.15, 0.2) is 6.20 Å². The van der Waals surface area contributed by atoms with Gasteiger partial charge in [0.15, 0.2) is 5.82 Å². The number of piperidine rings is 1. The van der Waals surface area contributed by atoms with Gasteiger partial charge in [-0.15, -0.1) is 0 Å². The minimum Gasteiger partial charge on any atom is -0.368 e. The molecule has 2 N–H and O–H groups in total. The first-order chi connectivity index (χ1) is 8.20. The summed E-state index contributed by atoms with van der Waals surface area (Å²) in [5, 5.41) is 0.591. The fourth-order valence-electron chi connectivity index (χ4n) is 2.43. The molecule has 94 valence electrons. The third-order valence-electron chi connectivity index (χ3n) is 3.36. The third-order valence-corrected chi connectivity index (χ3v) is 3.62. The van der Waals surface area contributed by atoms with Crippen molar-refractivity contribution in [3.63, 3.8) is 0 Å². The van der Waals surface area contributed by atoms with Crippen LogP contribution in [0.25, 0.3) is 0 Å². The van der Waals surface area contributed by atoms with E-state index >= 15 is 0 Å². The minimum absolute atomic E-state index is 0.292. The number of nitrogens with zero attached hydrogens (tertiary/aromatic N) is 3. The average molecular weight is 255 g/mol. The summed E-state index contributed by atoms with van der Waals surface area (Å²) in [5.74, 6) is 1.93. The molecule has 0 atom stereocenters. The van der Waals surface area contributed by atoms with Crippen LogP contribution in [0, 0.1) is 5.92 Å². The second-order valence-corrected chi connectivity index (χ2v) is 5.03. The van der Waals surface area contributed by atoms with Crippen molar-refractivity contribution in [2.75, 3.05) is 23.7 Å². The smallest absolute Gasteiger partial charge is 0.222 e. The van der Waals surface area contributed by atoms with Crippen LogP contribution in [-0.4, -0.2) is 23.1 Å². The molecule has 0 aliphatic carbocycles. The van der Waals surface area contributed by atoms with Crippen LogP contribution in [0.3, 0.4) is 0 Å². The van der Waals surface area contributed by atoms with E-state index < -0.39 is 0 Å². The number of nitrogen functional groups attached to an aromatic ring is 1. The molecule has 0 unspecified atom stereocenters. The van der Waals surface area contributed by atoms with Gasteiger partial charge in [-0.2, -0.15) is 4.98 Å². The van der Waals surface area contributed by atoms with Gasteiger partial charge in [0, 0.05) is 13.1 Å². The maximum atomic E-state index is 6.10. The van der Waals surface area contributed by atoms with Crippen molar-refractivity contribution < 1.29 is 0 Å². The van der Waals surface area contributed by atoms with Crippen LogP contribution in [0.4, 0.5) is 11.8 Å². The lowest BCUT2D eigenvalue weighted by Gasteiger charge is -2.33. The molecule has 0 aromatic carbocycles. The van der Waals surface area contributed by atoms with Gasteiger partial charge in [-0.1, -0.05) is 31.4 Å². The summed E-state index contributed by atoms with van der Waals surface area (Å²) in [4.78, 5) is 10.3. The van der Waals surface area contributed by atoms with Crippen LogP contribution in [0.2, 0.25) is 5.02 Å². The predicted molar refractivity (Wildman–Crippen MR) is 71.3 cm³/mol. The number of nitrogens with two attached hydrogens (primary N) is 1. The molecule has 4 nitrogen and oxygen atoms in total. The zero-order valence-electron chi connectivity index (χ0n) is 10.2. The van der Waals surface area contributed by atoms with Crippen LogP contribution in [0.5, 0.6) is 0 Å². The SMILES string of the molecule is CCCC1CCN(c2nc(N)ncc2Cl)CC1. The van der Waals surface area contributed by atoms with Crippen LogP contribution >= 0.6 is 11.6 Å². The molecule has 2 rings (SSSR count). The van der Waals surface area contributed by atoms with Crippen LogP contribution in [-0.2, 0) is 0 Å². The van der Waals surface area contributed by atoms with Crippen molar-refractivity contribution in [2.45, 2.75) is 32.6 Å². The van der Waals surface area contributed by atoms with Gasteiger partial charge in [0.1, 0.15) is 5.02 Å². The first-order valence-electron chi connectivity index (χ1n) is 6.23. The van der Waals surface area contributed by atoms with Crippen molar-refractivity contribution in [3.8, 4) is 0 Å². The Hall–Kier alpha value is -1.03. The fraction of sp³-hybridized carbons (Fsp3) is 0.667. The molecule has 17 heavy (non-hydrogen) atoms. The fourth-order valence-corrected chi connectivity index (χ4v) is 2.65. The summed E-state index contributed by atoms with van der Waals surface area (Å²) >= 11 is 6.10. The van der Waals surface area contributed by atoms with E-state index in [2.05, 4.69) is 21.8 Å². The first kappa shape index (κ1) is 12.4. The Bertz CT molecular complexity index is 375. The average Bonchev–Trinajstić information content (AvgIpc) is 2.34. The molecule has 1 fully saturated rings. The van der Waals surface area contributed by atoms with Gasteiger partial charge in [-0.3, -0.25) is 0 Å². The largest absolute Gasteiger partial charge is 0.368 e. The highest BCUT2D eigenvalue weighted by atomic mass is 35.5. The Kier molecular flexibility index (Phi) is 4.05. The number of aromatic nitrogens is 2. The molecule has 0 saturated carbocycles. The molecule has 1 saturated heterocycles. The Morgan fingerprint density at radius 1 is 1.47 bits per heavy atom. The number of anilines is 2. The van der Waals surface area contributed by atoms with Crippen molar-refractivity contribution in [2.24, 2.45) is 5.92 Å². The Balaban J connectivity index is 2.02. The van der Waals surface area contributed by atoms with E-state index in [9.17, 15) is 0 Å². The molecule has 0 amide bonds. The highest BCUT2D eigenvalue weighted by Crippen LogP contribution is 2.29. The minimum atomic E-state index is 0.292. The van der Waals surface area contributed by atoms with Gasteiger partial charge < -0.3 is 10.6 Å². The molecule has 1 aromatic rings. The molecule has 0 bridgehead atoms. The van der Waals surface area contributed by atoms with E-state index in [1.807, 2.05) is 0 Å². The van der Waals surface area contributed by atoms with E-state index in [-0.39, 0.29) is 0 Å². The number of hydrogen-bond acceptors (Lipinski definition) is 4. The summed E-state index contributed by atoms with van der Waals surface area (Å²) in [5.41, 5.74) is 5.60. The van der Waals surface area contributed by atoms with Gasteiger partial charge in [0.2, 0.25) is 5.95 Å².